The van der Waals surface area contributed by atoms with Crippen molar-refractivity contribution in [3.63, 3.8) is 0 Å². The van der Waals surface area contributed by atoms with E-state index in [9.17, 15) is 0 Å². The molecule has 0 aliphatic carbocycles. The molecule has 1 aliphatic heterocycles. The van der Waals surface area contributed by atoms with E-state index in [1.165, 1.54) is 11.3 Å². The Morgan fingerprint density at radius 1 is 1.31 bits per heavy atom. The Morgan fingerprint density at radius 2 is 2.04 bits per heavy atom. The largest absolute Gasteiger partial charge is 0.366 e. The Bertz CT molecular complexity index is 857. The molecule has 3 rings (SSSR count). The van der Waals surface area contributed by atoms with Crippen LogP contribution < -0.4 is 4.90 Å². The smallest absolute Gasteiger partial charge is 0.0659 e. The Balaban J connectivity index is 2.01. The lowest BCUT2D eigenvalue weighted by molar-refractivity contribution is 0.381. The monoisotopic (exact) mass is 432 g/mol. The molecule has 0 saturated carbocycles. The van der Waals surface area contributed by atoms with Crippen LogP contribution in [0.15, 0.2) is 39.8 Å². The maximum absolute atomic E-state index is 6.63. The van der Waals surface area contributed by atoms with Crippen LogP contribution in [0.1, 0.15) is 56.7 Å². The van der Waals surface area contributed by atoms with Gasteiger partial charge in [0.05, 0.1) is 10.7 Å². The van der Waals surface area contributed by atoms with Crippen LogP contribution in [0.4, 0.5) is 11.4 Å². The molecule has 1 atom stereocenters. The summed E-state index contributed by atoms with van der Waals surface area (Å²) in [6.45, 7) is 12.2. The molecular weight excluding hydrogens is 408 g/mol. The standard InChI is InChI=1S/C22H26BrClN2/c1-6-26-21-11-19(24)16(10-18(21)15(3)12-22(26,4)5)13-25-20-8-7-17(23)9-14(20)2/h7-11,13,15H,6,12H2,1-5H3. The van der Waals surface area contributed by atoms with Gasteiger partial charge in [-0.15, -0.1) is 0 Å². The minimum Gasteiger partial charge on any atom is -0.366 e. The van der Waals surface area contributed by atoms with Gasteiger partial charge in [-0.05, 0) is 81.5 Å². The Kier molecular flexibility index (Phi) is 5.50. The van der Waals surface area contributed by atoms with Gasteiger partial charge in [-0.25, -0.2) is 0 Å². The van der Waals surface area contributed by atoms with Gasteiger partial charge in [0.25, 0.3) is 0 Å². The van der Waals surface area contributed by atoms with Crippen LogP contribution in [0.25, 0.3) is 0 Å². The molecule has 0 bridgehead atoms. The fourth-order valence-corrected chi connectivity index (χ4v) is 4.80. The van der Waals surface area contributed by atoms with E-state index in [0.29, 0.717) is 5.92 Å². The molecule has 2 aromatic rings. The van der Waals surface area contributed by atoms with Crippen molar-refractivity contribution >= 4 is 45.1 Å². The zero-order valence-corrected chi connectivity index (χ0v) is 18.4. The number of aliphatic imine (C=N–C) groups is 1. The third-order valence-electron chi connectivity index (χ3n) is 5.32. The van der Waals surface area contributed by atoms with Crippen LogP contribution in [0.2, 0.25) is 5.02 Å². The number of benzene rings is 2. The van der Waals surface area contributed by atoms with Crippen molar-refractivity contribution in [3.8, 4) is 0 Å². The highest BCUT2D eigenvalue weighted by Crippen LogP contribution is 2.44. The molecule has 26 heavy (non-hydrogen) atoms. The summed E-state index contributed by atoms with van der Waals surface area (Å²) in [5.74, 6) is 0.502. The molecule has 0 spiro atoms. The number of hydrogen-bond acceptors (Lipinski definition) is 2. The average molecular weight is 434 g/mol. The number of halogens is 2. The maximum atomic E-state index is 6.63. The maximum Gasteiger partial charge on any atom is 0.0659 e. The predicted molar refractivity (Wildman–Crippen MR) is 118 cm³/mol. The Morgan fingerprint density at radius 3 is 2.69 bits per heavy atom. The molecule has 1 heterocycles. The predicted octanol–water partition coefficient (Wildman–Crippen LogP) is 7.27. The van der Waals surface area contributed by atoms with E-state index in [1.807, 2.05) is 18.3 Å². The fourth-order valence-electron chi connectivity index (χ4n) is 4.12. The van der Waals surface area contributed by atoms with Crippen LogP contribution in [0.5, 0.6) is 0 Å². The fraction of sp³-hybridized carbons (Fsp3) is 0.409. The van der Waals surface area contributed by atoms with Gasteiger partial charge in [0.2, 0.25) is 0 Å². The number of rotatable bonds is 3. The highest BCUT2D eigenvalue weighted by molar-refractivity contribution is 9.10. The van der Waals surface area contributed by atoms with E-state index in [0.717, 1.165) is 39.3 Å². The van der Waals surface area contributed by atoms with Crippen molar-refractivity contribution in [1.82, 2.24) is 0 Å². The Labute approximate surface area is 170 Å². The van der Waals surface area contributed by atoms with Gasteiger partial charge in [-0.1, -0.05) is 34.5 Å². The molecule has 1 unspecified atom stereocenters. The summed E-state index contributed by atoms with van der Waals surface area (Å²) in [6, 6.07) is 10.4. The normalized spacial score (nSPS) is 19.0. The minimum absolute atomic E-state index is 0.147. The van der Waals surface area contributed by atoms with Gasteiger partial charge in [-0.3, -0.25) is 4.99 Å². The Hall–Kier alpha value is -1.32. The minimum atomic E-state index is 0.147. The van der Waals surface area contributed by atoms with Crippen molar-refractivity contribution < 1.29 is 0 Å². The lowest BCUT2D eigenvalue weighted by Crippen LogP contribution is -2.48. The van der Waals surface area contributed by atoms with Crippen LogP contribution in [0.3, 0.4) is 0 Å². The van der Waals surface area contributed by atoms with Gasteiger partial charge in [0, 0.05) is 34.0 Å². The first-order valence-electron chi connectivity index (χ1n) is 9.14. The first-order valence-corrected chi connectivity index (χ1v) is 10.3. The zero-order chi connectivity index (χ0) is 19.1. The summed E-state index contributed by atoms with van der Waals surface area (Å²) in [4.78, 5) is 7.14. The molecule has 0 fully saturated rings. The third kappa shape index (κ3) is 3.70. The van der Waals surface area contributed by atoms with Crippen molar-refractivity contribution in [2.24, 2.45) is 4.99 Å². The molecule has 0 N–H and O–H groups in total. The molecule has 0 radical (unpaired) electrons. The number of aryl methyl sites for hydroxylation is 1. The molecule has 0 saturated heterocycles. The molecular formula is C22H26BrClN2. The zero-order valence-electron chi connectivity index (χ0n) is 16.1. The van der Waals surface area contributed by atoms with Crippen molar-refractivity contribution in [1.29, 1.82) is 0 Å². The quantitative estimate of drug-likeness (QED) is 0.464. The second-order valence-electron chi connectivity index (χ2n) is 7.78. The topological polar surface area (TPSA) is 15.6 Å². The molecule has 0 amide bonds. The van der Waals surface area contributed by atoms with Gasteiger partial charge in [-0.2, -0.15) is 0 Å². The van der Waals surface area contributed by atoms with Gasteiger partial charge in [0.15, 0.2) is 0 Å². The van der Waals surface area contributed by atoms with Crippen molar-refractivity contribution in [2.45, 2.75) is 52.5 Å². The van der Waals surface area contributed by atoms with E-state index >= 15 is 0 Å². The summed E-state index contributed by atoms with van der Waals surface area (Å²) in [6.07, 6.45) is 3.03. The van der Waals surface area contributed by atoms with Crippen LogP contribution in [0, 0.1) is 6.92 Å². The summed E-state index contributed by atoms with van der Waals surface area (Å²) < 4.78 is 1.07. The second kappa shape index (κ2) is 7.36. The summed E-state index contributed by atoms with van der Waals surface area (Å²) in [5, 5.41) is 0.755. The molecule has 138 valence electrons. The molecule has 2 nitrogen and oxygen atoms in total. The third-order valence-corrected chi connectivity index (χ3v) is 6.14. The van der Waals surface area contributed by atoms with E-state index < -0.39 is 0 Å². The van der Waals surface area contributed by atoms with Crippen LogP contribution in [-0.2, 0) is 0 Å². The van der Waals surface area contributed by atoms with E-state index in [2.05, 4.69) is 78.6 Å². The number of nitrogens with zero attached hydrogens (tertiary/aromatic N) is 2. The first kappa shape index (κ1) is 19.4. The van der Waals surface area contributed by atoms with Gasteiger partial charge < -0.3 is 4.90 Å². The highest BCUT2D eigenvalue weighted by Gasteiger charge is 2.35. The van der Waals surface area contributed by atoms with Crippen molar-refractivity contribution in [2.75, 3.05) is 11.4 Å². The van der Waals surface area contributed by atoms with Crippen LogP contribution in [-0.4, -0.2) is 18.3 Å². The van der Waals surface area contributed by atoms with Crippen molar-refractivity contribution in [3.05, 3.63) is 56.5 Å². The molecule has 1 aliphatic rings. The number of hydrogen-bond donors (Lipinski definition) is 0. The number of fused-ring (bicyclic) bond motifs is 1. The van der Waals surface area contributed by atoms with E-state index in [4.69, 9.17) is 11.6 Å². The van der Waals surface area contributed by atoms with Gasteiger partial charge in [0.1, 0.15) is 0 Å². The summed E-state index contributed by atoms with van der Waals surface area (Å²) in [5.41, 5.74) is 5.86. The van der Waals surface area contributed by atoms with E-state index in [1.54, 1.807) is 0 Å². The van der Waals surface area contributed by atoms with Gasteiger partial charge >= 0.3 is 0 Å². The first-order chi connectivity index (χ1) is 12.2. The summed E-state index contributed by atoms with van der Waals surface area (Å²) in [7, 11) is 0. The SMILES string of the molecule is CCN1c2cc(Cl)c(C=Nc3ccc(Br)cc3C)cc2C(C)CC1(C)C. The lowest BCUT2D eigenvalue weighted by Gasteiger charge is -2.47. The number of anilines is 1. The average Bonchev–Trinajstić information content (AvgIpc) is 2.54. The van der Waals surface area contributed by atoms with E-state index in [-0.39, 0.29) is 5.54 Å². The second-order valence-corrected chi connectivity index (χ2v) is 9.11. The molecule has 0 aromatic heterocycles. The highest BCUT2D eigenvalue weighted by atomic mass is 79.9. The lowest BCUT2D eigenvalue weighted by atomic mass is 9.79. The molecule has 2 aromatic carbocycles. The molecule has 4 heteroatoms. The summed E-state index contributed by atoms with van der Waals surface area (Å²) >= 11 is 10.1. The van der Waals surface area contributed by atoms with Crippen LogP contribution >= 0.6 is 27.5 Å².